The Kier molecular flexibility index (Phi) is 8.17. The summed E-state index contributed by atoms with van der Waals surface area (Å²) < 4.78 is 14.7. The number of nitrogens with one attached hydrogen (secondary N) is 4. The fraction of sp³-hybridized carbons (Fsp3) is 0.361. The lowest BCUT2D eigenvalue weighted by Crippen LogP contribution is -2.48. The first-order chi connectivity index (χ1) is 22.1. The lowest BCUT2D eigenvalue weighted by Gasteiger charge is -2.27. The van der Waals surface area contributed by atoms with Crippen molar-refractivity contribution in [1.82, 2.24) is 25.7 Å². The van der Waals surface area contributed by atoms with E-state index in [1.165, 1.54) is 12.0 Å². The van der Waals surface area contributed by atoms with Crippen molar-refractivity contribution in [2.24, 2.45) is 0 Å². The lowest BCUT2D eigenvalue weighted by atomic mass is 9.98. The molecule has 7 rings (SSSR count). The summed E-state index contributed by atoms with van der Waals surface area (Å²) in [7, 11) is 0. The molecule has 238 valence electrons. The molecule has 3 heterocycles. The zero-order valence-corrected chi connectivity index (χ0v) is 26.8. The average Bonchev–Trinajstić information content (AvgIpc) is 3.32. The van der Waals surface area contributed by atoms with Crippen LogP contribution in [0, 0.1) is 13.8 Å². The number of carbonyl (C=O) groups is 2. The molecule has 0 radical (unpaired) electrons. The maximum Gasteiger partial charge on any atom is 0.258 e. The van der Waals surface area contributed by atoms with Crippen LogP contribution in [-0.2, 0) is 22.6 Å². The Balaban J connectivity index is 1.07. The number of fused-ring (bicyclic) bond motifs is 2. The van der Waals surface area contributed by atoms with Gasteiger partial charge in [-0.15, -0.1) is 0 Å². The molecule has 1 aromatic heterocycles. The molecule has 1 saturated carbocycles. The minimum absolute atomic E-state index is 0.107. The molecule has 8 nitrogen and oxygen atoms in total. The van der Waals surface area contributed by atoms with Crippen LogP contribution in [0.5, 0.6) is 0 Å². The summed E-state index contributed by atoms with van der Waals surface area (Å²) in [5.74, 6) is -1.21. The highest BCUT2D eigenvalue weighted by molar-refractivity contribution is 6.31. The number of aromatic amines is 1. The van der Waals surface area contributed by atoms with Crippen molar-refractivity contribution >= 4 is 29.1 Å². The molecular formula is C36H38ClFN6O2. The third-order valence-corrected chi connectivity index (χ3v) is 9.97. The van der Waals surface area contributed by atoms with Crippen LogP contribution in [-0.4, -0.2) is 63.8 Å². The molecule has 3 fully saturated rings. The number of aromatic nitrogens is 2. The molecule has 46 heavy (non-hydrogen) atoms. The van der Waals surface area contributed by atoms with E-state index >= 15 is 0 Å². The lowest BCUT2D eigenvalue weighted by molar-refractivity contribution is -0.131. The van der Waals surface area contributed by atoms with Gasteiger partial charge in [0.15, 0.2) is 5.67 Å². The minimum Gasteiger partial charge on any atom is -0.341 e. The molecule has 2 aliphatic heterocycles. The van der Waals surface area contributed by atoms with Gasteiger partial charge >= 0.3 is 0 Å². The van der Waals surface area contributed by atoms with E-state index in [-0.39, 0.29) is 19.3 Å². The highest BCUT2D eigenvalue weighted by Gasteiger charge is 2.51. The molecule has 3 atom stereocenters. The summed E-state index contributed by atoms with van der Waals surface area (Å²) in [6.07, 6.45) is 1.65. The van der Waals surface area contributed by atoms with Gasteiger partial charge < -0.3 is 16.0 Å². The topological polar surface area (TPSA) is 102 Å². The normalized spacial score (nSPS) is 20.4. The van der Waals surface area contributed by atoms with E-state index in [0.29, 0.717) is 28.4 Å². The molecule has 0 spiro atoms. The van der Waals surface area contributed by atoms with Gasteiger partial charge in [-0.3, -0.25) is 19.6 Å². The number of anilines is 1. The van der Waals surface area contributed by atoms with Crippen molar-refractivity contribution < 1.29 is 14.0 Å². The summed E-state index contributed by atoms with van der Waals surface area (Å²) in [6.45, 7) is 7.00. The molecule has 2 amide bonds. The smallest absolute Gasteiger partial charge is 0.258 e. The zero-order chi connectivity index (χ0) is 32.0. The number of hydrogen-bond acceptors (Lipinski definition) is 5. The first kappa shape index (κ1) is 30.6. The highest BCUT2D eigenvalue weighted by atomic mass is 35.5. The van der Waals surface area contributed by atoms with Crippen molar-refractivity contribution in [3.05, 3.63) is 94.3 Å². The number of halogens is 2. The van der Waals surface area contributed by atoms with E-state index in [4.69, 9.17) is 11.6 Å². The third-order valence-electron chi connectivity index (χ3n) is 9.60. The van der Waals surface area contributed by atoms with E-state index in [0.717, 1.165) is 53.3 Å². The fourth-order valence-corrected chi connectivity index (χ4v) is 6.96. The maximum atomic E-state index is 14.7. The maximum absolute atomic E-state index is 14.7. The Morgan fingerprint density at radius 3 is 2.39 bits per heavy atom. The molecule has 4 aromatic rings. The fourth-order valence-electron chi connectivity index (χ4n) is 6.77. The van der Waals surface area contributed by atoms with Gasteiger partial charge in [0.05, 0.1) is 5.69 Å². The summed E-state index contributed by atoms with van der Waals surface area (Å²) in [4.78, 5) is 28.9. The second-order valence-electron chi connectivity index (χ2n) is 13.0. The summed E-state index contributed by atoms with van der Waals surface area (Å²) in [5, 5.41) is 16.8. The summed E-state index contributed by atoms with van der Waals surface area (Å²) >= 11 is 6.64. The number of aryl methyl sites for hydroxylation is 2. The number of likely N-dealkylation sites (tertiary alicyclic amines) is 1. The number of nitrogens with zero attached hydrogens (tertiary/aromatic N) is 2. The van der Waals surface area contributed by atoms with Crippen LogP contribution in [0.25, 0.3) is 22.3 Å². The van der Waals surface area contributed by atoms with Gasteiger partial charge in [-0.1, -0.05) is 54.1 Å². The average molecular weight is 641 g/mol. The van der Waals surface area contributed by atoms with E-state index in [1.807, 2.05) is 38.1 Å². The van der Waals surface area contributed by atoms with E-state index in [1.54, 1.807) is 18.2 Å². The molecule has 3 aliphatic rings. The number of piperazine rings is 1. The van der Waals surface area contributed by atoms with Crippen LogP contribution in [0.1, 0.15) is 41.8 Å². The van der Waals surface area contributed by atoms with Crippen molar-refractivity contribution in [2.75, 3.05) is 18.4 Å². The van der Waals surface area contributed by atoms with Gasteiger partial charge in [0.25, 0.3) is 5.91 Å². The quantitative estimate of drug-likeness (QED) is 0.177. The van der Waals surface area contributed by atoms with Gasteiger partial charge in [0, 0.05) is 60.1 Å². The van der Waals surface area contributed by atoms with Gasteiger partial charge in [0.2, 0.25) is 5.91 Å². The number of amides is 2. The first-order valence-electron chi connectivity index (χ1n) is 15.9. The molecule has 4 N–H and O–H groups in total. The van der Waals surface area contributed by atoms with Crippen molar-refractivity contribution in [3.8, 4) is 22.3 Å². The number of alkyl halides is 1. The van der Waals surface area contributed by atoms with Crippen molar-refractivity contribution in [2.45, 2.75) is 69.9 Å². The number of carbonyl (C=O) groups excluding carboxylic acids is 2. The monoisotopic (exact) mass is 640 g/mol. The van der Waals surface area contributed by atoms with Gasteiger partial charge in [-0.2, -0.15) is 5.10 Å². The number of hydrogen-bond donors (Lipinski definition) is 4. The molecule has 2 saturated heterocycles. The molecule has 2 bridgehead atoms. The van der Waals surface area contributed by atoms with Crippen molar-refractivity contribution in [1.29, 1.82) is 0 Å². The predicted octanol–water partition coefficient (Wildman–Crippen LogP) is 5.73. The Bertz CT molecular complexity index is 1750. The third kappa shape index (κ3) is 6.32. The number of H-pyrrole nitrogens is 1. The minimum atomic E-state index is -1.92. The largest absolute Gasteiger partial charge is 0.341 e. The van der Waals surface area contributed by atoms with E-state index < -0.39 is 23.5 Å². The Hall–Kier alpha value is -4.05. The van der Waals surface area contributed by atoms with Crippen molar-refractivity contribution in [3.63, 3.8) is 0 Å². The molecular weight excluding hydrogens is 603 g/mol. The van der Waals surface area contributed by atoms with Crippen LogP contribution < -0.4 is 16.0 Å². The standard InChI is InChI=1S/C36H38ClFN6O2/c1-21-33(22(2)43-42-21)25-7-10-28(11-8-25)40-34(45)32(41-35(46)36(38)13-14-36)16-27-15-26(9-12-31(27)37)24-5-3-23(4-6-24)19-44-20-29-17-30(44)18-39-29/h3-12,15,29-30,32,39H,13-14,16-20H2,1-2H3,(H,40,45)(H,41,46)(H,42,43)/t29-,30-,32?/m0/s1. The second-order valence-corrected chi connectivity index (χ2v) is 13.4. The van der Waals surface area contributed by atoms with Gasteiger partial charge in [0.1, 0.15) is 6.04 Å². The second kappa shape index (κ2) is 12.3. The molecule has 1 aliphatic carbocycles. The Labute approximate surface area is 273 Å². The van der Waals surface area contributed by atoms with Crippen LogP contribution >= 0.6 is 11.6 Å². The van der Waals surface area contributed by atoms with Gasteiger partial charge in [-0.25, -0.2) is 4.39 Å². The van der Waals surface area contributed by atoms with Crippen LogP contribution in [0.4, 0.5) is 10.1 Å². The summed E-state index contributed by atoms with van der Waals surface area (Å²) in [6, 6.07) is 21.9. The van der Waals surface area contributed by atoms with Crippen LogP contribution in [0.2, 0.25) is 5.02 Å². The first-order valence-corrected chi connectivity index (χ1v) is 16.3. The van der Waals surface area contributed by atoms with E-state index in [9.17, 15) is 14.0 Å². The highest BCUT2D eigenvalue weighted by Crippen LogP contribution is 2.40. The van der Waals surface area contributed by atoms with Crippen LogP contribution in [0.15, 0.2) is 66.7 Å². The van der Waals surface area contributed by atoms with Crippen LogP contribution in [0.3, 0.4) is 0 Å². The van der Waals surface area contributed by atoms with E-state index in [2.05, 4.69) is 55.3 Å². The SMILES string of the molecule is Cc1n[nH]c(C)c1-c1ccc(NC(=O)C(Cc2cc(-c3ccc(CN4C[C@@H]5C[C@H]4CN5)cc3)ccc2Cl)NC(=O)C2(F)CC2)cc1. The van der Waals surface area contributed by atoms with Gasteiger partial charge in [-0.05, 0) is 85.2 Å². The Morgan fingerprint density at radius 2 is 1.76 bits per heavy atom. The molecule has 3 aromatic carbocycles. The number of benzene rings is 3. The molecule has 1 unspecified atom stereocenters. The predicted molar refractivity (Wildman–Crippen MR) is 178 cm³/mol. The summed E-state index contributed by atoms with van der Waals surface area (Å²) in [5.41, 5.74) is 6.41. The number of rotatable bonds is 10. The molecule has 10 heteroatoms. The zero-order valence-electron chi connectivity index (χ0n) is 26.0. The Morgan fingerprint density at radius 1 is 1.04 bits per heavy atom.